The van der Waals surface area contributed by atoms with Crippen molar-refractivity contribution in [2.45, 2.75) is 54.1 Å². The second-order valence-corrected chi connectivity index (χ2v) is 6.83. The van der Waals surface area contributed by atoms with E-state index in [1.165, 1.54) is 0 Å². The highest BCUT2D eigenvalue weighted by molar-refractivity contribution is 5.79. The third-order valence-corrected chi connectivity index (χ3v) is 3.30. The minimum atomic E-state index is 0.582. The number of nitrogens with one attached hydrogen (secondary N) is 2. The van der Waals surface area contributed by atoms with E-state index in [9.17, 15) is 0 Å². The summed E-state index contributed by atoms with van der Waals surface area (Å²) in [6.07, 6.45) is 4.84. The van der Waals surface area contributed by atoms with E-state index in [2.05, 4.69) is 59.8 Å². The van der Waals surface area contributed by atoms with Crippen LogP contribution in [0.2, 0.25) is 0 Å². The Kier molecular flexibility index (Phi) is 10.2. The molecule has 6 nitrogen and oxygen atoms in total. The van der Waals surface area contributed by atoms with Crippen molar-refractivity contribution >= 4 is 5.96 Å². The monoisotopic (exact) mass is 337 g/mol. The molecule has 138 valence electrons. The van der Waals surface area contributed by atoms with E-state index >= 15 is 0 Å². The van der Waals surface area contributed by atoms with Gasteiger partial charge in [0.2, 0.25) is 0 Å². The molecular weight excluding hydrogens is 302 g/mol. The smallest absolute Gasteiger partial charge is 0.191 e. The molecule has 0 aromatic carbocycles. The molecule has 0 radical (unpaired) electrons. The van der Waals surface area contributed by atoms with Crippen molar-refractivity contribution in [1.29, 1.82) is 0 Å². The molecule has 0 aliphatic carbocycles. The Balaban J connectivity index is 2.41. The maximum atomic E-state index is 5.59. The zero-order chi connectivity index (χ0) is 17.8. The quantitative estimate of drug-likeness (QED) is 0.370. The number of ether oxygens (including phenoxy) is 1. The van der Waals surface area contributed by atoms with Crippen LogP contribution in [0.4, 0.5) is 0 Å². The van der Waals surface area contributed by atoms with Crippen molar-refractivity contribution in [3.05, 3.63) is 18.2 Å². The van der Waals surface area contributed by atoms with Crippen molar-refractivity contribution < 1.29 is 4.74 Å². The van der Waals surface area contributed by atoms with Crippen LogP contribution in [0.15, 0.2) is 17.4 Å². The summed E-state index contributed by atoms with van der Waals surface area (Å²) >= 11 is 0. The van der Waals surface area contributed by atoms with Gasteiger partial charge in [0.15, 0.2) is 5.96 Å². The van der Waals surface area contributed by atoms with Gasteiger partial charge < -0.3 is 19.9 Å². The van der Waals surface area contributed by atoms with Crippen LogP contribution in [0.5, 0.6) is 0 Å². The number of hydrogen-bond donors (Lipinski definition) is 2. The zero-order valence-electron chi connectivity index (χ0n) is 16.0. The maximum absolute atomic E-state index is 5.59. The van der Waals surface area contributed by atoms with Gasteiger partial charge in [0.1, 0.15) is 12.4 Å². The van der Waals surface area contributed by atoms with E-state index in [4.69, 9.17) is 4.74 Å². The standard InChI is InChI=1S/C18H35N5O/c1-6-19-18(21-8-7-11-24-14-16(4)5)22-12-17-20-9-10-23(17)13-15(2)3/h9-10,15-16H,6-8,11-14H2,1-5H3,(H2,19,21,22). The van der Waals surface area contributed by atoms with E-state index in [-0.39, 0.29) is 0 Å². The molecule has 1 aromatic rings. The maximum Gasteiger partial charge on any atom is 0.191 e. The molecule has 6 heteroatoms. The fourth-order valence-electron chi connectivity index (χ4n) is 2.24. The highest BCUT2D eigenvalue weighted by Crippen LogP contribution is 2.04. The minimum absolute atomic E-state index is 0.582. The van der Waals surface area contributed by atoms with Crippen molar-refractivity contribution in [2.24, 2.45) is 16.8 Å². The molecule has 1 aromatic heterocycles. The van der Waals surface area contributed by atoms with Gasteiger partial charge in [-0.2, -0.15) is 0 Å². The summed E-state index contributed by atoms with van der Waals surface area (Å²) in [6.45, 7) is 15.7. The third kappa shape index (κ3) is 8.91. The predicted molar refractivity (Wildman–Crippen MR) is 100 cm³/mol. The number of hydrogen-bond acceptors (Lipinski definition) is 3. The Labute approximate surface area is 147 Å². The van der Waals surface area contributed by atoms with Crippen molar-refractivity contribution in [3.63, 3.8) is 0 Å². The Morgan fingerprint density at radius 3 is 2.71 bits per heavy atom. The highest BCUT2D eigenvalue weighted by Gasteiger charge is 2.05. The minimum Gasteiger partial charge on any atom is -0.381 e. The molecule has 0 fully saturated rings. The first-order valence-corrected chi connectivity index (χ1v) is 9.12. The van der Waals surface area contributed by atoms with Crippen LogP contribution in [0.1, 0.15) is 46.9 Å². The second kappa shape index (κ2) is 11.9. The summed E-state index contributed by atoms with van der Waals surface area (Å²) in [5.41, 5.74) is 0. The number of guanidine groups is 1. The molecule has 0 unspecified atom stereocenters. The molecule has 0 saturated carbocycles. The van der Waals surface area contributed by atoms with Gasteiger partial charge in [-0.05, 0) is 25.2 Å². The lowest BCUT2D eigenvalue weighted by atomic mass is 10.2. The summed E-state index contributed by atoms with van der Waals surface area (Å²) < 4.78 is 7.77. The summed E-state index contributed by atoms with van der Waals surface area (Å²) in [5, 5.41) is 6.63. The average Bonchev–Trinajstić information content (AvgIpc) is 2.94. The van der Waals surface area contributed by atoms with Crippen LogP contribution in [0.25, 0.3) is 0 Å². The average molecular weight is 338 g/mol. The molecule has 1 rings (SSSR count). The first kappa shape index (κ1) is 20.5. The molecule has 0 aliphatic rings. The molecule has 0 spiro atoms. The van der Waals surface area contributed by atoms with Crippen molar-refractivity contribution in [2.75, 3.05) is 26.3 Å². The van der Waals surface area contributed by atoms with Gasteiger partial charge in [-0.25, -0.2) is 9.98 Å². The number of rotatable bonds is 11. The van der Waals surface area contributed by atoms with E-state index in [0.29, 0.717) is 18.4 Å². The van der Waals surface area contributed by atoms with Gasteiger partial charge >= 0.3 is 0 Å². The largest absolute Gasteiger partial charge is 0.381 e. The lowest BCUT2D eigenvalue weighted by Crippen LogP contribution is -2.38. The molecule has 1 heterocycles. The van der Waals surface area contributed by atoms with Crippen LogP contribution in [0, 0.1) is 11.8 Å². The fraction of sp³-hybridized carbons (Fsp3) is 0.778. The van der Waals surface area contributed by atoms with Gasteiger partial charge in [0.25, 0.3) is 0 Å². The molecular formula is C18H35N5O. The van der Waals surface area contributed by atoms with Crippen LogP contribution >= 0.6 is 0 Å². The molecule has 0 saturated heterocycles. The van der Waals surface area contributed by atoms with E-state index in [1.807, 2.05) is 12.4 Å². The fourth-order valence-corrected chi connectivity index (χ4v) is 2.24. The second-order valence-electron chi connectivity index (χ2n) is 6.83. The van der Waals surface area contributed by atoms with Gasteiger partial charge in [0.05, 0.1) is 0 Å². The van der Waals surface area contributed by atoms with Crippen LogP contribution in [0.3, 0.4) is 0 Å². The van der Waals surface area contributed by atoms with Crippen molar-refractivity contribution in [3.8, 4) is 0 Å². The van der Waals surface area contributed by atoms with Gasteiger partial charge in [-0.3, -0.25) is 0 Å². The topological polar surface area (TPSA) is 63.5 Å². The summed E-state index contributed by atoms with van der Waals surface area (Å²) in [4.78, 5) is 9.06. The van der Waals surface area contributed by atoms with Gasteiger partial charge in [0, 0.05) is 45.2 Å². The Hall–Kier alpha value is -1.56. The SMILES string of the molecule is CCNC(=NCc1nccn1CC(C)C)NCCCOCC(C)C. The molecule has 0 bridgehead atoms. The first-order chi connectivity index (χ1) is 11.5. The molecule has 24 heavy (non-hydrogen) atoms. The van der Waals surface area contributed by atoms with Gasteiger partial charge in [-0.15, -0.1) is 0 Å². The first-order valence-electron chi connectivity index (χ1n) is 9.12. The summed E-state index contributed by atoms with van der Waals surface area (Å²) in [5.74, 6) is 3.02. The molecule has 2 N–H and O–H groups in total. The van der Waals surface area contributed by atoms with Crippen molar-refractivity contribution in [1.82, 2.24) is 20.2 Å². The lowest BCUT2D eigenvalue weighted by molar-refractivity contribution is 0.108. The number of aliphatic imine (C=N–C) groups is 1. The number of imidazole rings is 1. The van der Waals surface area contributed by atoms with Crippen LogP contribution in [-0.4, -0.2) is 41.8 Å². The highest BCUT2D eigenvalue weighted by atomic mass is 16.5. The number of aromatic nitrogens is 2. The molecule has 0 atom stereocenters. The van der Waals surface area contributed by atoms with E-state index in [0.717, 1.165) is 51.1 Å². The van der Waals surface area contributed by atoms with E-state index < -0.39 is 0 Å². The number of nitrogens with zero attached hydrogens (tertiary/aromatic N) is 3. The third-order valence-electron chi connectivity index (χ3n) is 3.30. The Morgan fingerprint density at radius 1 is 1.25 bits per heavy atom. The van der Waals surface area contributed by atoms with Crippen LogP contribution in [-0.2, 0) is 17.8 Å². The predicted octanol–water partition coefficient (Wildman–Crippen LogP) is 2.66. The Morgan fingerprint density at radius 2 is 2.04 bits per heavy atom. The molecule has 0 aliphatic heterocycles. The lowest BCUT2D eigenvalue weighted by Gasteiger charge is -2.13. The Bertz CT molecular complexity index is 468. The molecule has 0 amide bonds. The summed E-state index contributed by atoms with van der Waals surface area (Å²) in [7, 11) is 0. The zero-order valence-corrected chi connectivity index (χ0v) is 16.0. The van der Waals surface area contributed by atoms with Crippen LogP contribution < -0.4 is 10.6 Å². The summed E-state index contributed by atoms with van der Waals surface area (Å²) in [6, 6.07) is 0. The van der Waals surface area contributed by atoms with Gasteiger partial charge in [-0.1, -0.05) is 27.7 Å². The van der Waals surface area contributed by atoms with E-state index in [1.54, 1.807) is 0 Å². The normalized spacial score (nSPS) is 12.2.